The summed E-state index contributed by atoms with van der Waals surface area (Å²) >= 11 is 1.41. The van der Waals surface area contributed by atoms with Crippen molar-refractivity contribution in [3.63, 3.8) is 0 Å². The summed E-state index contributed by atoms with van der Waals surface area (Å²) in [6.07, 6.45) is 0. The van der Waals surface area contributed by atoms with Gasteiger partial charge in [0.25, 0.3) is 0 Å². The molecule has 0 aliphatic rings. The highest BCUT2D eigenvalue weighted by Gasteiger charge is 2.08. The molecule has 0 atom stereocenters. The number of thioether (sulfide) groups is 1. The van der Waals surface area contributed by atoms with Crippen LogP contribution in [0, 0.1) is 13.8 Å². The van der Waals surface area contributed by atoms with Gasteiger partial charge in [0.2, 0.25) is 0 Å². The second-order valence-electron chi connectivity index (χ2n) is 5.63. The molecule has 0 saturated heterocycles. The number of Topliss-reactive ketones (excluding diaryl/α,β-unsaturated/α-hetero) is 1. The van der Waals surface area contributed by atoms with Crippen LogP contribution in [0.4, 0.5) is 0 Å². The van der Waals surface area contributed by atoms with Crippen molar-refractivity contribution in [2.45, 2.75) is 18.9 Å². The fourth-order valence-corrected chi connectivity index (χ4v) is 3.01. The Morgan fingerprint density at radius 2 is 1.71 bits per heavy atom. The number of benzene rings is 2. The van der Waals surface area contributed by atoms with Crippen molar-refractivity contribution in [1.29, 1.82) is 0 Å². The predicted molar refractivity (Wildman–Crippen MR) is 98.4 cm³/mol. The molecule has 0 aliphatic carbocycles. The Labute approximate surface area is 146 Å². The third-order valence-corrected chi connectivity index (χ3v) is 4.81. The van der Waals surface area contributed by atoms with Crippen LogP contribution < -0.4 is 0 Å². The molecule has 0 unspecified atom stereocenters. The van der Waals surface area contributed by atoms with Gasteiger partial charge in [-0.15, -0.1) is 10.2 Å². The molecule has 3 nitrogen and oxygen atoms in total. The van der Waals surface area contributed by atoms with Crippen molar-refractivity contribution in [2.75, 3.05) is 5.75 Å². The van der Waals surface area contributed by atoms with Crippen LogP contribution in [0.2, 0.25) is 0 Å². The van der Waals surface area contributed by atoms with Gasteiger partial charge in [-0.25, -0.2) is 0 Å². The van der Waals surface area contributed by atoms with Gasteiger partial charge in [0.05, 0.1) is 11.4 Å². The van der Waals surface area contributed by atoms with Crippen LogP contribution in [-0.4, -0.2) is 21.7 Å². The lowest BCUT2D eigenvalue weighted by atomic mass is 10.0. The normalized spacial score (nSPS) is 10.6. The zero-order valence-corrected chi connectivity index (χ0v) is 14.5. The molecule has 1 heterocycles. The standard InChI is InChI=1S/C20H18N2OS/c1-14-8-9-17(12-15(14)2)18-10-11-20(22-21-18)24-13-19(23)16-6-4-3-5-7-16/h3-12H,13H2,1-2H3. The van der Waals surface area contributed by atoms with E-state index < -0.39 is 0 Å². The number of hydrogen-bond acceptors (Lipinski definition) is 4. The first-order valence-corrected chi connectivity index (χ1v) is 8.74. The third-order valence-electron chi connectivity index (χ3n) is 3.89. The van der Waals surface area contributed by atoms with Crippen LogP contribution in [0.25, 0.3) is 11.3 Å². The van der Waals surface area contributed by atoms with E-state index >= 15 is 0 Å². The molecule has 3 rings (SSSR count). The zero-order valence-electron chi connectivity index (χ0n) is 13.7. The highest BCUT2D eigenvalue weighted by atomic mass is 32.2. The summed E-state index contributed by atoms with van der Waals surface area (Å²) in [6.45, 7) is 4.18. The maximum absolute atomic E-state index is 12.1. The van der Waals surface area contributed by atoms with Crippen LogP contribution >= 0.6 is 11.8 Å². The number of aryl methyl sites for hydroxylation is 2. The minimum atomic E-state index is 0.0978. The molecule has 2 aromatic carbocycles. The van der Waals surface area contributed by atoms with E-state index in [4.69, 9.17) is 0 Å². The van der Waals surface area contributed by atoms with Gasteiger partial charge in [-0.2, -0.15) is 0 Å². The van der Waals surface area contributed by atoms with Gasteiger partial charge < -0.3 is 0 Å². The molecule has 0 radical (unpaired) electrons. The second kappa shape index (κ2) is 7.41. The summed E-state index contributed by atoms with van der Waals surface area (Å²) in [4.78, 5) is 12.1. The van der Waals surface area contributed by atoms with E-state index in [-0.39, 0.29) is 5.78 Å². The minimum Gasteiger partial charge on any atom is -0.293 e. The lowest BCUT2D eigenvalue weighted by Crippen LogP contribution is -2.02. The number of aromatic nitrogens is 2. The first-order chi connectivity index (χ1) is 11.6. The largest absolute Gasteiger partial charge is 0.293 e. The maximum atomic E-state index is 12.1. The number of carbonyl (C=O) groups is 1. The SMILES string of the molecule is Cc1ccc(-c2ccc(SCC(=O)c3ccccc3)nn2)cc1C. The fourth-order valence-electron chi connectivity index (χ4n) is 2.30. The molecule has 0 aliphatic heterocycles. The van der Waals surface area contributed by atoms with E-state index in [2.05, 4.69) is 42.2 Å². The Bertz CT molecular complexity index is 845. The summed E-state index contributed by atoms with van der Waals surface area (Å²) in [7, 11) is 0. The van der Waals surface area contributed by atoms with Gasteiger partial charge >= 0.3 is 0 Å². The van der Waals surface area contributed by atoms with E-state index in [1.807, 2.05) is 42.5 Å². The molecule has 0 spiro atoms. The predicted octanol–water partition coefficient (Wildman–Crippen LogP) is 4.74. The summed E-state index contributed by atoms with van der Waals surface area (Å²) in [6, 6.07) is 19.4. The average molecular weight is 334 g/mol. The zero-order chi connectivity index (χ0) is 16.9. The minimum absolute atomic E-state index is 0.0978. The number of rotatable bonds is 5. The fraction of sp³-hybridized carbons (Fsp3) is 0.150. The van der Waals surface area contributed by atoms with Crippen molar-refractivity contribution >= 4 is 17.5 Å². The van der Waals surface area contributed by atoms with E-state index in [0.717, 1.165) is 21.8 Å². The van der Waals surface area contributed by atoms with Crippen molar-refractivity contribution in [3.8, 4) is 11.3 Å². The Hall–Kier alpha value is -2.46. The van der Waals surface area contributed by atoms with Gasteiger partial charge in [-0.05, 0) is 43.2 Å². The molecular weight excluding hydrogens is 316 g/mol. The smallest absolute Gasteiger partial charge is 0.173 e. The molecule has 0 fully saturated rings. The van der Waals surface area contributed by atoms with Crippen LogP contribution in [0.15, 0.2) is 65.7 Å². The summed E-state index contributed by atoms with van der Waals surface area (Å²) in [5.41, 5.74) is 5.13. The van der Waals surface area contributed by atoms with E-state index in [1.54, 1.807) is 0 Å². The topological polar surface area (TPSA) is 42.9 Å². The molecule has 24 heavy (non-hydrogen) atoms. The van der Waals surface area contributed by atoms with Crippen molar-refractivity contribution < 1.29 is 4.79 Å². The van der Waals surface area contributed by atoms with Gasteiger partial charge in [-0.1, -0.05) is 54.2 Å². The maximum Gasteiger partial charge on any atom is 0.173 e. The molecule has 0 bridgehead atoms. The van der Waals surface area contributed by atoms with Gasteiger partial charge in [0.15, 0.2) is 5.78 Å². The van der Waals surface area contributed by atoms with Crippen molar-refractivity contribution in [3.05, 3.63) is 77.4 Å². The Kier molecular flexibility index (Phi) is 5.06. The van der Waals surface area contributed by atoms with Gasteiger partial charge in [0.1, 0.15) is 5.03 Å². The summed E-state index contributed by atoms with van der Waals surface area (Å²) < 4.78 is 0. The third kappa shape index (κ3) is 3.89. The van der Waals surface area contributed by atoms with Crippen molar-refractivity contribution in [1.82, 2.24) is 10.2 Å². The lowest BCUT2D eigenvalue weighted by Gasteiger charge is -2.05. The Morgan fingerprint density at radius 1 is 0.917 bits per heavy atom. The molecule has 3 aromatic rings. The number of carbonyl (C=O) groups excluding carboxylic acids is 1. The first-order valence-electron chi connectivity index (χ1n) is 7.76. The molecular formula is C20H18N2OS. The molecule has 4 heteroatoms. The van der Waals surface area contributed by atoms with E-state index in [9.17, 15) is 4.79 Å². The van der Waals surface area contributed by atoms with Crippen LogP contribution in [0.3, 0.4) is 0 Å². The monoisotopic (exact) mass is 334 g/mol. The molecule has 0 saturated carbocycles. The van der Waals surface area contributed by atoms with Crippen LogP contribution in [-0.2, 0) is 0 Å². The molecule has 0 N–H and O–H groups in total. The average Bonchev–Trinajstić information content (AvgIpc) is 2.63. The number of nitrogens with zero attached hydrogens (tertiary/aromatic N) is 2. The Balaban J connectivity index is 1.66. The van der Waals surface area contributed by atoms with Gasteiger partial charge in [-0.3, -0.25) is 4.79 Å². The molecule has 1 aromatic heterocycles. The van der Waals surface area contributed by atoms with Crippen molar-refractivity contribution in [2.24, 2.45) is 0 Å². The van der Waals surface area contributed by atoms with E-state index in [1.165, 1.54) is 22.9 Å². The molecule has 120 valence electrons. The molecule has 0 amide bonds. The lowest BCUT2D eigenvalue weighted by molar-refractivity contribution is 0.102. The summed E-state index contributed by atoms with van der Waals surface area (Å²) in [5.74, 6) is 0.461. The summed E-state index contributed by atoms with van der Waals surface area (Å²) in [5, 5.41) is 9.28. The highest BCUT2D eigenvalue weighted by molar-refractivity contribution is 7.99. The first kappa shape index (κ1) is 16.4. The second-order valence-corrected chi connectivity index (χ2v) is 6.63. The quantitative estimate of drug-likeness (QED) is 0.499. The Morgan fingerprint density at radius 3 is 2.38 bits per heavy atom. The number of ketones is 1. The van der Waals surface area contributed by atoms with Gasteiger partial charge in [0, 0.05) is 11.1 Å². The number of hydrogen-bond donors (Lipinski definition) is 0. The highest BCUT2D eigenvalue weighted by Crippen LogP contribution is 2.22. The van der Waals surface area contributed by atoms with Crippen LogP contribution in [0.1, 0.15) is 21.5 Å². The van der Waals surface area contributed by atoms with E-state index in [0.29, 0.717) is 5.75 Å². The van der Waals surface area contributed by atoms with Crippen LogP contribution in [0.5, 0.6) is 0 Å².